The summed E-state index contributed by atoms with van der Waals surface area (Å²) >= 11 is 5.94. The number of ether oxygens (including phenoxy) is 2. The maximum absolute atomic E-state index is 12.2. The average molecular weight is 403 g/mol. The molecule has 0 spiro atoms. The second-order valence-electron chi connectivity index (χ2n) is 7.02. The van der Waals surface area contributed by atoms with Crippen molar-refractivity contribution in [3.05, 3.63) is 59.1 Å². The quantitative estimate of drug-likeness (QED) is 0.727. The Labute approximate surface area is 171 Å². The van der Waals surface area contributed by atoms with Crippen molar-refractivity contribution in [3.63, 3.8) is 0 Å². The first-order valence-corrected chi connectivity index (χ1v) is 10.0. The van der Waals surface area contributed by atoms with E-state index in [2.05, 4.69) is 22.3 Å². The third-order valence-electron chi connectivity index (χ3n) is 4.93. The highest BCUT2D eigenvalue weighted by Crippen LogP contribution is 2.18. The number of benzene rings is 2. The number of rotatable bonds is 8. The predicted molar refractivity (Wildman–Crippen MR) is 111 cm³/mol. The molecular weight excluding hydrogens is 376 g/mol. The lowest BCUT2D eigenvalue weighted by atomic mass is 10.0. The topological polar surface area (TPSA) is 50.8 Å². The van der Waals surface area contributed by atoms with Crippen molar-refractivity contribution in [2.75, 3.05) is 26.8 Å². The minimum atomic E-state index is 0.0460. The van der Waals surface area contributed by atoms with Crippen molar-refractivity contribution < 1.29 is 14.3 Å². The smallest absolute Gasteiger partial charge is 0.223 e. The van der Waals surface area contributed by atoms with Crippen LogP contribution in [0.2, 0.25) is 5.02 Å². The van der Waals surface area contributed by atoms with Crippen molar-refractivity contribution in [1.82, 2.24) is 10.2 Å². The molecule has 1 fully saturated rings. The summed E-state index contributed by atoms with van der Waals surface area (Å²) in [5.41, 5.74) is 1.27. The molecule has 28 heavy (non-hydrogen) atoms. The summed E-state index contributed by atoms with van der Waals surface area (Å²) < 4.78 is 10.7. The molecule has 1 aliphatic heterocycles. The van der Waals surface area contributed by atoms with Gasteiger partial charge in [-0.2, -0.15) is 0 Å². The Morgan fingerprint density at radius 2 is 1.71 bits per heavy atom. The minimum absolute atomic E-state index is 0.0460. The molecule has 0 aliphatic carbocycles. The fourth-order valence-corrected chi connectivity index (χ4v) is 3.44. The Balaban J connectivity index is 1.32. The highest BCUT2D eigenvalue weighted by Gasteiger charge is 2.20. The van der Waals surface area contributed by atoms with Gasteiger partial charge in [0, 0.05) is 30.7 Å². The second kappa shape index (κ2) is 10.3. The number of nitrogens with one attached hydrogen (secondary N) is 1. The van der Waals surface area contributed by atoms with Gasteiger partial charge in [-0.3, -0.25) is 9.69 Å². The summed E-state index contributed by atoms with van der Waals surface area (Å²) in [5, 5.41) is 3.90. The molecule has 1 saturated heterocycles. The second-order valence-corrected chi connectivity index (χ2v) is 7.45. The highest BCUT2D eigenvalue weighted by molar-refractivity contribution is 6.30. The third kappa shape index (κ3) is 6.43. The molecule has 150 valence electrons. The molecule has 2 aromatic rings. The van der Waals surface area contributed by atoms with Crippen LogP contribution >= 0.6 is 11.6 Å². The number of likely N-dealkylation sites (tertiary alicyclic amines) is 1. The molecule has 5 nitrogen and oxygen atoms in total. The highest BCUT2D eigenvalue weighted by atomic mass is 35.5. The van der Waals surface area contributed by atoms with Gasteiger partial charge in [-0.25, -0.2) is 0 Å². The van der Waals surface area contributed by atoms with Crippen LogP contribution in [0.5, 0.6) is 11.5 Å². The lowest BCUT2D eigenvalue weighted by Gasteiger charge is -2.32. The maximum atomic E-state index is 12.2. The molecule has 2 aromatic carbocycles. The fraction of sp³-hybridized carbons (Fsp3) is 0.409. The Kier molecular flexibility index (Phi) is 7.57. The van der Waals surface area contributed by atoms with Gasteiger partial charge in [-0.05, 0) is 54.8 Å². The number of nitrogens with zero attached hydrogens (tertiary/aromatic N) is 1. The SMILES string of the molecule is COc1ccc(OCCC(=O)NC2CCN(Cc3ccc(Cl)cc3)CC2)cc1. The van der Waals surface area contributed by atoms with Gasteiger partial charge in [-0.15, -0.1) is 0 Å². The molecule has 3 rings (SSSR count). The van der Waals surface area contributed by atoms with Crippen molar-refractivity contribution in [2.45, 2.75) is 31.8 Å². The number of carbonyl (C=O) groups is 1. The Bertz CT molecular complexity index is 741. The summed E-state index contributed by atoms with van der Waals surface area (Å²) in [4.78, 5) is 14.6. The average Bonchev–Trinajstić information content (AvgIpc) is 2.72. The monoisotopic (exact) mass is 402 g/mol. The van der Waals surface area contributed by atoms with Crippen LogP contribution < -0.4 is 14.8 Å². The normalized spacial score (nSPS) is 15.2. The molecule has 0 radical (unpaired) electrons. The van der Waals surface area contributed by atoms with E-state index in [1.165, 1.54) is 5.56 Å². The zero-order chi connectivity index (χ0) is 19.8. The van der Waals surface area contributed by atoms with Gasteiger partial charge in [0.05, 0.1) is 20.1 Å². The fourth-order valence-electron chi connectivity index (χ4n) is 3.32. The van der Waals surface area contributed by atoms with Crippen LogP contribution in [0.3, 0.4) is 0 Å². The molecule has 0 saturated carbocycles. The molecular formula is C22H27ClN2O3. The van der Waals surface area contributed by atoms with Gasteiger partial charge in [-0.1, -0.05) is 23.7 Å². The number of hydrogen-bond acceptors (Lipinski definition) is 4. The zero-order valence-electron chi connectivity index (χ0n) is 16.2. The number of piperidine rings is 1. The summed E-state index contributed by atoms with van der Waals surface area (Å²) in [6, 6.07) is 15.6. The van der Waals surface area contributed by atoms with Gasteiger partial charge in [0.2, 0.25) is 5.91 Å². The molecule has 0 aromatic heterocycles. The number of halogens is 1. The van der Waals surface area contributed by atoms with Crippen LogP contribution in [0.15, 0.2) is 48.5 Å². The van der Waals surface area contributed by atoms with E-state index in [0.717, 1.165) is 49.0 Å². The Morgan fingerprint density at radius 1 is 1.07 bits per heavy atom. The Morgan fingerprint density at radius 3 is 2.36 bits per heavy atom. The molecule has 6 heteroatoms. The van der Waals surface area contributed by atoms with E-state index in [9.17, 15) is 4.79 Å². The van der Waals surface area contributed by atoms with E-state index < -0.39 is 0 Å². The molecule has 0 unspecified atom stereocenters. The van der Waals surface area contributed by atoms with E-state index in [1.807, 2.05) is 36.4 Å². The molecule has 1 heterocycles. The summed E-state index contributed by atoms with van der Waals surface area (Å²) in [6.45, 7) is 3.26. The maximum Gasteiger partial charge on any atom is 0.223 e. The number of amides is 1. The standard InChI is InChI=1S/C22H27ClN2O3/c1-27-20-6-8-21(9-7-20)28-15-12-22(26)24-19-10-13-25(14-11-19)16-17-2-4-18(23)5-3-17/h2-9,19H,10-16H2,1H3,(H,24,26). The van der Waals surface area contributed by atoms with Crippen LogP contribution in [0.1, 0.15) is 24.8 Å². The number of hydrogen-bond donors (Lipinski definition) is 1. The van der Waals surface area contributed by atoms with Gasteiger partial charge >= 0.3 is 0 Å². The van der Waals surface area contributed by atoms with Crippen molar-refractivity contribution >= 4 is 17.5 Å². The van der Waals surface area contributed by atoms with Crippen molar-refractivity contribution in [2.24, 2.45) is 0 Å². The van der Waals surface area contributed by atoms with E-state index in [4.69, 9.17) is 21.1 Å². The summed E-state index contributed by atoms with van der Waals surface area (Å²) in [6.07, 6.45) is 2.30. The van der Waals surface area contributed by atoms with E-state index in [0.29, 0.717) is 13.0 Å². The third-order valence-corrected chi connectivity index (χ3v) is 5.18. The molecule has 0 atom stereocenters. The first-order valence-electron chi connectivity index (χ1n) is 9.65. The van der Waals surface area contributed by atoms with Gasteiger partial charge < -0.3 is 14.8 Å². The largest absolute Gasteiger partial charge is 0.497 e. The Hall–Kier alpha value is -2.24. The lowest BCUT2D eigenvalue weighted by molar-refractivity contribution is -0.122. The van der Waals surface area contributed by atoms with Gasteiger partial charge in [0.15, 0.2) is 0 Å². The first kappa shape index (κ1) is 20.5. The predicted octanol–water partition coefficient (Wildman–Crippen LogP) is 3.90. The van der Waals surface area contributed by atoms with Crippen LogP contribution in [0, 0.1) is 0 Å². The molecule has 1 aliphatic rings. The number of carbonyl (C=O) groups excluding carboxylic acids is 1. The van der Waals surface area contributed by atoms with Crippen LogP contribution in [0.4, 0.5) is 0 Å². The lowest BCUT2D eigenvalue weighted by Crippen LogP contribution is -2.44. The zero-order valence-corrected chi connectivity index (χ0v) is 17.0. The van der Waals surface area contributed by atoms with Gasteiger partial charge in [0.25, 0.3) is 0 Å². The van der Waals surface area contributed by atoms with Crippen LogP contribution in [0.25, 0.3) is 0 Å². The molecule has 1 amide bonds. The molecule has 0 bridgehead atoms. The van der Waals surface area contributed by atoms with E-state index in [-0.39, 0.29) is 11.9 Å². The minimum Gasteiger partial charge on any atom is -0.497 e. The summed E-state index contributed by atoms with van der Waals surface area (Å²) in [7, 11) is 1.63. The van der Waals surface area contributed by atoms with E-state index >= 15 is 0 Å². The van der Waals surface area contributed by atoms with Crippen LogP contribution in [-0.4, -0.2) is 43.7 Å². The van der Waals surface area contributed by atoms with Gasteiger partial charge in [0.1, 0.15) is 11.5 Å². The van der Waals surface area contributed by atoms with Crippen LogP contribution in [-0.2, 0) is 11.3 Å². The molecule has 1 N–H and O–H groups in total. The van der Waals surface area contributed by atoms with Crippen molar-refractivity contribution in [1.29, 1.82) is 0 Å². The number of methoxy groups -OCH3 is 1. The summed E-state index contributed by atoms with van der Waals surface area (Å²) in [5.74, 6) is 1.57. The van der Waals surface area contributed by atoms with E-state index in [1.54, 1.807) is 7.11 Å². The first-order chi connectivity index (χ1) is 13.6. The van der Waals surface area contributed by atoms with Crippen molar-refractivity contribution in [3.8, 4) is 11.5 Å².